The van der Waals surface area contributed by atoms with Crippen LogP contribution in [0.1, 0.15) is 12.0 Å². The molecule has 0 fully saturated rings. The summed E-state index contributed by atoms with van der Waals surface area (Å²) in [7, 11) is 1.52. The first-order valence-corrected chi connectivity index (χ1v) is 8.06. The monoisotopic (exact) mass is 337 g/mol. The molecule has 6 heteroatoms. The van der Waals surface area contributed by atoms with Crippen LogP contribution in [0.25, 0.3) is 0 Å². The van der Waals surface area contributed by atoms with Crippen molar-refractivity contribution < 1.29 is 14.3 Å². The average molecular weight is 337 g/mol. The Balaban J connectivity index is 1.63. The van der Waals surface area contributed by atoms with Gasteiger partial charge in [0, 0.05) is 30.5 Å². The second-order valence-corrected chi connectivity index (χ2v) is 5.63. The van der Waals surface area contributed by atoms with Crippen molar-refractivity contribution in [2.75, 3.05) is 23.9 Å². The van der Waals surface area contributed by atoms with Crippen LogP contribution in [0.15, 0.2) is 54.7 Å². The standard InChI is InChI=1S/C19H19N3O3/c1-25-18-10-8-15(13-20-18)21-17(23)9-11-19(24)22-12-4-6-14-5-2-3-7-16(14)22/h2-3,5,7-11,13H,4,6,12H2,1H3,(H,21,23)/b11-9+. The third-order valence-corrected chi connectivity index (χ3v) is 3.97. The van der Waals surface area contributed by atoms with Gasteiger partial charge in [-0.1, -0.05) is 18.2 Å². The van der Waals surface area contributed by atoms with E-state index in [4.69, 9.17) is 4.74 Å². The summed E-state index contributed by atoms with van der Waals surface area (Å²) in [6.45, 7) is 0.657. The van der Waals surface area contributed by atoms with Crippen LogP contribution in [-0.4, -0.2) is 30.5 Å². The fourth-order valence-corrected chi connectivity index (χ4v) is 2.76. The Morgan fingerprint density at radius 1 is 1.20 bits per heavy atom. The summed E-state index contributed by atoms with van der Waals surface area (Å²) in [5.41, 5.74) is 2.61. The minimum Gasteiger partial charge on any atom is -0.481 e. The number of fused-ring (bicyclic) bond motifs is 1. The fraction of sp³-hybridized carbons (Fsp3) is 0.211. The summed E-state index contributed by atoms with van der Waals surface area (Å²) in [5, 5.41) is 2.66. The summed E-state index contributed by atoms with van der Waals surface area (Å²) in [6.07, 6.45) is 5.92. The smallest absolute Gasteiger partial charge is 0.251 e. The van der Waals surface area contributed by atoms with Gasteiger partial charge in [0.05, 0.1) is 19.0 Å². The molecule has 25 heavy (non-hydrogen) atoms. The molecule has 0 saturated heterocycles. The number of carbonyl (C=O) groups excluding carboxylic acids is 2. The highest BCUT2D eigenvalue weighted by atomic mass is 16.5. The second kappa shape index (κ2) is 7.61. The molecule has 0 saturated carbocycles. The van der Waals surface area contributed by atoms with Crippen LogP contribution >= 0.6 is 0 Å². The van der Waals surface area contributed by atoms with Crippen molar-refractivity contribution in [2.45, 2.75) is 12.8 Å². The van der Waals surface area contributed by atoms with Crippen molar-refractivity contribution in [3.05, 3.63) is 60.3 Å². The van der Waals surface area contributed by atoms with Crippen LogP contribution in [0.5, 0.6) is 5.88 Å². The molecule has 0 unspecified atom stereocenters. The van der Waals surface area contributed by atoms with Crippen LogP contribution < -0.4 is 15.0 Å². The number of hydrogen-bond donors (Lipinski definition) is 1. The lowest BCUT2D eigenvalue weighted by molar-refractivity contribution is -0.115. The molecule has 1 aromatic carbocycles. The number of hydrogen-bond acceptors (Lipinski definition) is 4. The third-order valence-electron chi connectivity index (χ3n) is 3.97. The van der Waals surface area contributed by atoms with Crippen molar-refractivity contribution in [1.29, 1.82) is 0 Å². The van der Waals surface area contributed by atoms with Gasteiger partial charge in [-0.3, -0.25) is 9.59 Å². The Morgan fingerprint density at radius 2 is 2.04 bits per heavy atom. The zero-order valence-corrected chi connectivity index (χ0v) is 13.9. The second-order valence-electron chi connectivity index (χ2n) is 5.63. The number of aromatic nitrogens is 1. The Hall–Kier alpha value is -3.15. The zero-order valence-electron chi connectivity index (χ0n) is 13.9. The Labute approximate surface area is 146 Å². The van der Waals surface area contributed by atoms with E-state index >= 15 is 0 Å². The van der Waals surface area contributed by atoms with Gasteiger partial charge in [0.2, 0.25) is 11.8 Å². The van der Waals surface area contributed by atoms with Crippen molar-refractivity contribution in [3.8, 4) is 5.88 Å². The fourth-order valence-electron chi connectivity index (χ4n) is 2.76. The molecule has 1 aliphatic rings. The molecule has 1 N–H and O–H groups in total. The van der Waals surface area contributed by atoms with Gasteiger partial charge in [-0.05, 0) is 30.5 Å². The molecule has 2 amide bonds. The number of ether oxygens (including phenoxy) is 1. The molecule has 0 atom stereocenters. The molecule has 6 nitrogen and oxygen atoms in total. The van der Waals surface area contributed by atoms with Crippen LogP contribution in [0, 0.1) is 0 Å². The lowest BCUT2D eigenvalue weighted by Gasteiger charge is -2.28. The number of pyridine rings is 1. The maximum Gasteiger partial charge on any atom is 0.251 e. The van der Waals surface area contributed by atoms with Gasteiger partial charge in [0.1, 0.15) is 0 Å². The molecule has 0 aliphatic carbocycles. The van der Waals surface area contributed by atoms with Crippen molar-refractivity contribution in [3.63, 3.8) is 0 Å². The largest absolute Gasteiger partial charge is 0.481 e. The predicted octanol–water partition coefficient (Wildman–Crippen LogP) is 2.56. The van der Waals surface area contributed by atoms with E-state index in [9.17, 15) is 9.59 Å². The van der Waals surface area contributed by atoms with Crippen molar-refractivity contribution in [2.24, 2.45) is 0 Å². The Morgan fingerprint density at radius 3 is 2.80 bits per heavy atom. The number of methoxy groups -OCH3 is 1. The zero-order chi connectivity index (χ0) is 17.6. The maximum atomic E-state index is 12.4. The number of carbonyl (C=O) groups is 2. The summed E-state index contributed by atoms with van der Waals surface area (Å²) >= 11 is 0. The van der Waals surface area contributed by atoms with Gasteiger partial charge < -0.3 is 15.0 Å². The highest BCUT2D eigenvalue weighted by molar-refractivity contribution is 6.08. The average Bonchev–Trinajstić information content (AvgIpc) is 2.66. The highest BCUT2D eigenvalue weighted by Gasteiger charge is 2.20. The lowest BCUT2D eigenvalue weighted by Crippen LogP contribution is -2.34. The first-order chi connectivity index (χ1) is 12.2. The van der Waals surface area contributed by atoms with Crippen LogP contribution in [-0.2, 0) is 16.0 Å². The van der Waals surface area contributed by atoms with Gasteiger partial charge in [-0.25, -0.2) is 4.98 Å². The van der Waals surface area contributed by atoms with E-state index in [1.54, 1.807) is 17.0 Å². The third kappa shape index (κ3) is 4.03. The minimum atomic E-state index is -0.384. The molecule has 128 valence electrons. The molecule has 3 rings (SSSR count). The Kier molecular flexibility index (Phi) is 5.09. The first kappa shape index (κ1) is 16.7. The number of anilines is 2. The number of para-hydroxylation sites is 1. The summed E-state index contributed by atoms with van der Waals surface area (Å²) in [6, 6.07) is 11.2. The number of benzene rings is 1. The molecule has 2 aromatic rings. The van der Waals surface area contributed by atoms with E-state index < -0.39 is 0 Å². The predicted molar refractivity (Wildman–Crippen MR) is 95.7 cm³/mol. The number of nitrogens with zero attached hydrogens (tertiary/aromatic N) is 2. The number of amides is 2. The minimum absolute atomic E-state index is 0.199. The van der Waals surface area contributed by atoms with Crippen LogP contribution in [0.4, 0.5) is 11.4 Å². The highest BCUT2D eigenvalue weighted by Crippen LogP contribution is 2.26. The van der Waals surface area contributed by atoms with Gasteiger partial charge >= 0.3 is 0 Å². The number of nitrogens with one attached hydrogen (secondary N) is 1. The first-order valence-electron chi connectivity index (χ1n) is 8.06. The normalized spacial score (nSPS) is 13.4. The van der Waals surface area contributed by atoms with E-state index in [2.05, 4.69) is 10.3 Å². The summed E-state index contributed by atoms with van der Waals surface area (Å²) in [4.78, 5) is 30.1. The SMILES string of the molecule is COc1ccc(NC(=O)/C=C/C(=O)N2CCCc3ccccc32)cn1. The molecule has 0 spiro atoms. The van der Waals surface area contributed by atoms with Gasteiger partial charge in [-0.2, -0.15) is 0 Å². The van der Waals surface area contributed by atoms with E-state index in [-0.39, 0.29) is 11.8 Å². The van der Waals surface area contributed by atoms with E-state index in [1.165, 1.54) is 25.5 Å². The van der Waals surface area contributed by atoms with Crippen molar-refractivity contribution >= 4 is 23.2 Å². The molecule has 2 heterocycles. The number of rotatable bonds is 4. The maximum absolute atomic E-state index is 12.4. The van der Waals surface area contributed by atoms with Crippen LogP contribution in [0.2, 0.25) is 0 Å². The molecule has 0 bridgehead atoms. The quantitative estimate of drug-likeness (QED) is 0.871. The van der Waals surface area contributed by atoms with Gasteiger partial charge in [-0.15, -0.1) is 0 Å². The molecular formula is C19H19N3O3. The van der Waals surface area contributed by atoms with Crippen LogP contribution in [0.3, 0.4) is 0 Å². The molecule has 0 radical (unpaired) electrons. The molecule has 1 aromatic heterocycles. The van der Waals surface area contributed by atoms with Crippen molar-refractivity contribution in [1.82, 2.24) is 4.98 Å². The van der Waals surface area contributed by atoms with E-state index in [1.807, 2.05) is 24.3 Å². The lowest BCUT2D eigenvalue weighted by atomic mass is 10.0. The molecular weight excluding hydrogens is 318 g/mol. The van der Waals surface area contributed by atoms with E-state index in [0.29, 0.717) is 18.1 Å². The van der Waals surface area contributed by atoms with Gasteiger partial charge in [0.25, 0.3) is 5.91 Å². The van der Waals surface area contributed by atoms with E-state index in [0.717, 1.165) is 24.1 Å². The molecule has 1 aliphatic heterocycles. The Bertz CT molecular complexity index is 800. The number of aryl methyl sites for hydroxylation is 1. The summed E-state index contributed by atoms with van der Waals surface area (Å²) in [5.74, 6) is -0.117. The topological polar surface area (TPSA) is 71.5 Å². The van der Waals surface area contributed by atoms with Gasteiger partial charge in [0.15, 0.2) is 0 Å². The summed E-state index contributed by atoms with van der Waals surface area (Å²) < 4.78 is 4.96.